The van der Waals surface area contributed by atoms with Crippen molar-refractivity contribution in [2.45, 2.75) is 25.1 Å². The van der Waals surface area contributed by atoms with Crippen molar-refractivity contribution in [2.75, 3.05) is 5.73 Å². The molecule has 0 radical (unpaired) electrons. The lowest BCUT2D eigenvalue weighted by atomic mass is 10.1. The van der Waals surface area contributed by atoms with Gasteiger partial charge in [-0.3, -0.25) is 0 Å². The summed E-state index contributed by atoms with van der Waals surface area (Å²) in [6.07, 6.45) is 3.42. The van der Waals surface area contributed by atoms with E-state index in [1.807, 2.05) is 0 Å². The number of nitrogens with two attached hydrogens (primary N) is 1. The van der Waals surface area contributed by atoms with Crippen LogP contribution in [-0.2, 0) is 0 Å². The number of nitrogens with zero attached hydrogens (tertiary/aromatic N) is 1. The van der Waals surface area contributed by atoms with Gasteiger partial charge in [0, 0.05) is 11.8 Å². The molecular weight excluding hydrogens is 207 g/mol. The molecule has 72 valence electrons. The van der Waals surface area contributed by atoms with E-state index in [1.165, 1.54) is 6.20 Å². The van der Waals surface area contributed by atoms with Crippen LogP contribution in [0, 0.1) is 0 Å². The fourth-order valence-electron chi connectivity index (χ4n) is 1.13. The zero-order valence-corrected chi connectivity index (χ0v) is 8.94. The van der Waals surface area contributed by atoms with Crippen molar-refractivity contribution >= 4 is 29.0 Å². The number of rotatable bonds is 3. The number of hydrogen-bond acceptors (Lipinski definition) is 2. The van der Waals surface area contributed by atoms with Crippen LogP contribution < -0.4 is 5.73 Å². The minimum absolute atomic E-state index is 0.0869. The molecule has 0 spiro atoms. The number of pyridine rings is 1. The minimum atomic E-state index is -0.0869. The van der Waals surface area contributed by atoms with Crippen LogP contribution in [-0.4, -0.2) is 4.98 Å². The van der Waals surface area contributed by atoms with Crippen LogP contribution in [0.15, 0.2) is 12.3 Å². The third-order valence-electron chi connectivity index (χ3n) is 1.80. The van der Waals surface area contributed by atoms with Crippen LogP contribution in [0.25, 0.3) is 0 Å². The molecule has 1 aromatic heterocycles. The summed E-state index contributed by atoms with van der Waals surface area (Å²) in [6, 6.07) is 1.78. The van der Waals surface area contributed by atoms with Crippen molar-refractivity contribution in [3.05, 3.63) is 22.8 Å². The Labute approximate surface area is 88.1 Å². The largest absolute Gasteiger partial charge is 0.383 e. The molecule has 1 unspecified atom stereocenters. The Kier molecular flexibility index (Phi) is 3.82. The van der Waals surface area contributed by atoms with Gasteiger partial charge in [0.15, 0.2) is 0 Å². The zero-order chi connectivity index (χ0) is 9.84. The first-order valence-corrected chi connectivity index (χ1v) is 5.01. The highest BCUT2D eigenvalue weighted by atomic mass is 35.5. The molecule has 0 bridgehead atoms. The van der Waals surface area contributed by atoms with E-state index in [9.17, 15) is 0 Å². The quantitative estimate of drug-likeness (QED) is 0.791. The molecule has 0 saturated carbocycles. The third-order valence-corrected chi connectivity index (χ3v) is 2.46. The second-order valence-electron chi connectivity index (χ2n) is 2.88. The molecule has 0 aromatic carbocycles. The zero-order valence-electron chi connectivity index (χ0n) is 7.43. The van der Waals surface area contributed by atoms with Gasteiger partial charge in [0.25, 0.3) is 0 Å². The SMILES string of the molecule is CCCC(Cl)c1cc(Cl)cnc1N. The first-order valence-electron chi connectivity index (χ1n) is 4.20. The normalized spacial score (nSPS) is 12.8. The molecule has 1 atom stereocenters. The Morgan fingerprint density at radius 3 is 2.92 bits per heavy atom. The van der Waals surface area contributed by atoms with Crippen LogP contribution >= 0.6 is 23.2 Å². The number of aromatic nitrogens is 1. The van der Waals surface area contributed by atoms with E-state index < -0.39 is 0 Å². The summed E-state index contributed by atoms with van der Waals surface area (Å²) in [5, 5.41) is 0.488. The molecule has 1 rings (SSSR count). The number of nitrogen functional groups attached to an aromatic ring is 1. The second-order valence-corrected chi connectivity index (χ2v) is 3.85. The first kappa shape index (κ1) is 10.6. The van der Waals surface area contributed by atoms with E-state index in [-0.39, 0.29) is 5.38 Å². The molecule has 0 fully saturated rings. The Balaban J connectivity index is 2.91. The number of anilines is 1. The van der Waals surface area contributed by atoms with Gasteiger partial charge < -0.3 is 5.73 Å². The van der Waals surface area contributed by atoms with Crippen LogP contribution in [0.3, 0.4) is 0 Å². The van der Waals surface area contributed by atoms with Crippen molar-refractivity contribution in [1.29, 1.82) is 0 Å². The topological polar surface area (TPSA) is 38.9 Å². The summed E-state index contributed by atoms with van der Waals surface area (Å²) in [6.45, 7) is 2.07. The molecule has 0 amide bonds. The summed E-state index contributed by atoms with van der Waals surface area (Å²) >= 11 is 11.9. The Morgan fingerprint density at radius 1 is 1.62 bits per heavy atom. The molecule has 4 heteroatoms. The van der Waals surface area contributed by atoms with E-state index in [2.05, 4.69) is 11.9 Å². The standard InChI is InChI=1S/C9H12Cl2N2/c1-2-3-8(11)7-4-6(10)5-13-9(7)12/h4-5,8H,2-3H2,1H3,(H2,12,13). The van der Waals surface area contributed by atoms with E-state index in [0.29, 0.717) is 10.8 Å². The lowest BCUT2D eigenvalue weighted by Gasteiger charge is -2.10. The Morgan fingerprint density at radius 2 is 2.31 bits per heavy atom. The van der Waals surface area contributed by atoms with Gasteiger partial charge in [-0.15, -0.1) is 11.6 Å². The average molecular weight is 219 g/mol. The van der Waals surface area contributed by atoms with E-state index in [0.717, 1.165) is 18.4 Å². The lowest BCUT2D eigenvalue weighted by molar-refractivity contribution is 0.769. The molecule has 0 aliphatic heterocycles. The van der Waals surface area contributed by atoms with E-state index in [1.54, 1.807) is 6.07 Å². The first-order chi connectivity index (χ1) is 6.15. The lowest BCUT2D eigenvalue weighted by Crippen LogP contribution is -1.99. The maximum atomic E-state index is 6.10. The highest BCUT2D eigenvalue weighted by Crippen LogP contribution is 2.30. The van der Waals surface area contributed by atoms with Crippen molar-refractivity contribution in [3.63, 3.8) is 0 Å². The van der Waals surface area contributed by atoms with Gasteiger partial charge in [0.2, 0.25) is 0 Å². The van der Waals surface area contributed by atoms with Gasteiger partial charge in [-0.1, -0.05) is 24.9 Å². The summed E-state index contributed by atoms with van der Waals surface area (Å²) in [7, 11) is 0. The molecule has 0 saturated heterocycles. The summed E-state index contributed by atoms with van der Waals surface area (Å²) in [4.78, 5) is 3.94. The van der Waals surface area contributed by atoms with Crippen LogP contribution in [0.1, 0.15) is 30.7 Å². The molecule has 0 aliphatic carbocycles. The van der Waals surface area contributed by atoms with Gasteiger partial charge in [0.05, 0.1) is 10.4 Å². The molecular formula is C9H12Cl2N2. The Hall–Kier alpha value is -0.470. The molecule has 13 heavy (non-hydrogen) atoms. The predicted octanol–water partition coefficient (Wildman–Crippen LogP) is 3.40. The van der Waals surface area contributed by atoms with Gasteiger partial charge in [-0.05, 0) is 12.5 Å². The molecule has 2 N–H and O–H groups in total. The molecule has 1 heterocycles. The minimum Gasteiger partial charge on any atom is -0.383 e. The average Bonchev–Trinajstić information content (AvgIpc) is 2.09. The predicted molar refractivity (Wildman–Crippen MR) is 57.2 cm³/mol. The summed E-state index contributed by atoms with van der Waals surface area (Å²) in [5.41, 5.74) is 6.50. The fraction of sp³-hybridized carbons (Fsp3) is 0.444. The van der Waals surface area contributed by atoms with Gasteiger partial charge >= 0.3 is 0 Å². The third kappa shape index (κ3) is 2.75. The monoisotopic (exact) mass is 218 g/mol. The van der Waals surface area contributed by atoms with Gasteiger partial charge in [-0.25, -0.2) is 4.98 Å². The van der Waals surface area contributed by atoms with Crippen LogP contribution in [0.2, 0.25) is 5.02 Å². The van der Waals surface area contributed by atoms with E-state index >= 15 is 0 Å². The molecule has 1 aromatic rings. The number of alkyl halides is 1. The molecule has 2 nitrogen and oxygen atoms in total. The molecule has 0 aliphatic rings. The van der Waals surface area contributed by atoms with Crippen molar-refractivity contribution in [2.24, 2.45) is 0 Å². The van der Waals surface area contributed by atoms with Crippen molar-refractivity contribution in [1.82, 2.24) is 4.98 Å². The maximum absolute atomic E-state index is 6.10. The maximum Gasteiger partial charge on any atom is 0.128 e. The fourth-order valence-corrected chi connectivity index (χ4v) is 1.68. The van der Waals surface area contributed by atoms with Crippen LogP contribution in [0.4, 0.5) is 5.82 Å². The van der Waals surface area contributed by atoms with Crippen molar-refractivity contribution < 1.29 is 0 Å². The number of halogens is 2. The highest BCUT2D eigenvalue weighted by Gasteiger charge is 2.11. The number of hydrogen-bond donors (Lipinski definition) is 1. The van der Waals surface area contributed by atoms with Gasteiger partial charge in [0.1, 0.15) is 5.82 Å². The van der Waals surface area contributed by atoms with E-state index in [4.69, 9.17) is 28.9 Å². The Bertz CT molecular complexity index is 289. The summed E-state index contributed by atoms with van der Waals surface area (Å²) < 4.78 is 0. The highest BCUT2D eigenvalue weighted by molar-refractivity contribution is 6.30. The second kappa shape index (κ2) is 4.68. The summed E-state index contributed by atoms with van der Waals surface area (Å²) in [5.74, 6) is 0.470. The van der Waals surface area contributed by atoms with Crippen LogP contribution in [0.5, 0.6) is 0 Å². The van der Waals surface area contributed by atoms with Crippen molar-refractivity contribution in [3.8, 4) is 0 Å². The smallest absolute Gasteiger partial charge is 0.128 e. The van der Waals surface area contributed by atoms with Gasteiger partial charge in [-0.2, -0.15) is 0 Å².